The number of ketones is 2. The summed E-state index contributed by atoms with van der Waals surface area (Å²) in [6, 6.07) is 22.8. The highest BCUT2D eigenvalue weighted by molar-refractivity contribution is 5.95. The number of furan rings is 2. The Morgan fingerprint density at radius 3 is 1.56 bits per heavy atom. The van der Waals surface area contributed by atoms with Crippen molar-refractivity contribution in [1.29, 1.82) is 5.26 Å². The molecular weight excluding hydrogens is 406 g/mol. The predicted molar refractivity (Wildman–Crippen MR) is 118 cm³/mol. The normalized spacial score (nSPS) is 9.91. The Morgan fingerprint density at radius 1 is 0.719 bits per heavy atom. The van der Waals surface area contributed by atoms with E-state index in [0.29, 0.717) is 34.7 Å². The molecule has 0 unspecified atom stereocenters. The number of hydrogen-bond acceptors (Lipinski definition) is 6. The zero-order valence-corrected chi connectivity index (χ0v) is 17.5. The van der Waals surface area contributed by atoms with Gasteiger partial charge in [-0.15, -0.1) is 0 Å². The van der Waals surface area contributed by atoms with E-state index in [0.717, 1.165) is 11.1 Å². The molecule has 4 aromatic rings. The van der Waals surface area contributed by atoms with Crippen LogP contribution in [0.1, 0.15) is 50.9 Å². The smallest absolute Gasteiger partial charge is 0.204 e. The number of nitrogens with zero attached hydrogens (tertiary/aromatic N) is 1. The van der Waals surface area contributed by atoms with E-state index in [1.54, 1.807) is 72.8 Å². The Labute approximate surface area is 184 Å². The predicted octanol–water partition coefficient (Wildman–Crippen LogP) is 5.98. The molecule has 32 heavy (non-hydrogen) atoms. The molecule has 2 aromatic heterocycles. The first-order valence-electron chi connectivity index (χ1n) is 9.69. The molecule has 0 fully saturated rings. The van der Waals surface area contributed by atoms with Crippen LogP contribution in [0.25, 0.3) is 22.6 Å². The highest BCUT2D eigenvalue weighted by atomic mass is 16.3. The molecule has 0 bridgehead atoms. The highest BCUT2D eigenvalue weighted by Gasteiger charge is 2.06. The second-order valence-electron chi connectivity index (χ2n) is 6.86. The average molecular weight is 425 g/mol. The van der Waals surface area contributed by atoms with Gasteiger partial charge in [-0.25, -0.2) is 0 Å². The van der Waals surface area contributed by atoms with Crippen LogP contribution in [-0.2, 0) is 0 Å². The van der Waals surface area contributed by atoms with Crippen molar-refractivity contribution in [3.63, 3.8) is 0 Å². The van der Waals surface area contributed by atoms with Crippen LogP contribution in [0.15, 0.2) is 81.6 Å². The van der Waals surface area contributed by atoms with Crippen LogP contribution in [0.5, 0.6) is 0 Å². The Bertz CT molecular complexity index is 1290. The fourth-order valence-electron chi connectivity index (χ4n) is 2.86. The molecule has 0 atom stereocenters. The number of benzene rings is 2. The molecular formula is C26H19NO5. The molecule has 2 aromatic carbocycles. The summed E-state index contributed by atoms with van der Waals surface area (Å²) in [4.78, 5) is 32.6. The summed E-state index contributed by atoms with van der Waals surface area (Å²) in [7, 11) is 0. The Morgan fingerprint density at radius 2 is 1.19 bits per heavy atom. The Balaban J connectivity index is 0.000000181. The number of Topliss-reactive ketones (excluding diaryl/α,β-unsaturated/α-hetero) is 2. The average Bonchev–Trinajstić information content (AvgIpc) is 3.49. The number of carbonyl (C=O) groups excluding carboxylic acids is 3. The van der Waals surface area contributed by atoms with Crippen molar-refractivity contribution >= 4 is 17.9 Å². The molecule has 0 aliphatic carbocycles. The molecule has 0 spiro atoms. The van der Waals surface area contributed by atoms with Crippen LogP contribution in [0.4, 0.5) is 0 Å². The lowest BCUT2D eigenvalue weighted by Crippen LogP contribution is -1.90. The lowest BCUT2D eigenvalue weighted by atomic mass is 10.1. The van der Waals surface area contributed by atoms with Gasteiger partial charge in [0.2, 0.25) is 5.76 Å². The number of carbonyl (C=O) groups is 3. The summed E-state index contributed by atoms with van der Waals surface area (Å²) >= 11 is 0. The maximum absolute atomic E-state index is 11.1. The molecule has 4 rings (SSSR count). The zero-order valence-electron chi connectivity index (χ0n) is 17.5. The van der Waals surface area contributed by atoms with Crippen molar-refractivity contribution in [2.75, 3.05) is 0 Å². The minimum atomic E-state index is 0.0274. The maximum atomic E-state index is 11.1. The second-order valence-corrected chi connectivity index (χ2v) is 6.86. The van der Waals surface area contributed by atoms with E-state index in [9.17, 15) is 14.4 Å². The first-order valence-corrected chi connectivity index (χ1v) is 9.69. The van der Waals surface area contributed by atoms with E-state index in [2.05, 4.69) is 0 Å². The van der Waals surface area contributed by atoms with E-state index >= 15 is 0 Å². The molecule has 2 heterocycles. The summed E-state index contributed by atoms with van der Waals surface area (Å²) < 4.78 is 10.5. The van der Waals surface area contributed by atoms with E-state index in [4.69, 9.17) is 14.1 Å². The second kappa shape index (κ2) is 10.0. The van der Waals surface area contributed by atoms with Crippen molar-refractivity contribution in [2.45, 2.75) is 13.8 Å². The van der Waals surface area contributed by atoms with Gasteiger partial charge >= 0.3 is 0 Å². The largest absolute Gasteiger partial charge is 0.453 e. The molecule has 0 radical (unpaired) electrons. The molecule has 0 saturated carbocycles. The standard InChI is InChI=1S/C13H9NO2.C13H10O3/c2*1-9(15)10-2-4-11(5-3-10)13-7-6-12(8-14)16-13/h2-7H,1H3;2-8H,1H3. The molecule has 0 aliphatic heterocycles. The number of aldehydes is 1. The van der Waals surface area contributed by atoms with Gasteiger partial charge in [0.15, 0.2) is 23.6 Å². The third kappa shape index (κ3) is 5.35. The molecule has 6 nitrogen and oxygen atoms in total. The quantitative estimate of drug-likeness (QED) is 0.288. The van der Waals surface area contributed by atoms with Crippen LogP contribution in [0.2, 0.25) is 0 Å². The first kappa shape index (κ1) is 22.2. The van der Waals surface area contributed by atoms with E-state index in [1.165, 1.54) is 13.8 Å². The number of nitriles is 1. The van der Waals surface area contributed by atoms with Crippen LogP contribution < -0.4 is 0 Å². The van der Waals surface area contributed by atoms with Crippen LogP contribution in [-0.4, -0.2) is 17.9 Å². The van der Waals surface area contributed by atoms with Crippen LogP contribution >= 0.6 is 0 Å². The van der Waals surface area contributed by atoms with Gasteiger partial charge < -0.3 is 8.83 Å². The molecule has 158 valence electrons. The van der Waals surface area contributed by atoms with Gasteiger partial charge in [-0.1, -0.05) is 48.5 Å². The van der Waals surface area contributed by atoms with Gasteiger partial charge in [0.1, 0.15) is 17.6 Å². The Kier molecular flexibility index (Phi) is 6.94. The molecule has 0 aliphatic rings. The number of rotatable bonds is 5. The first-order chi connectivity index (χ1) is 15.4. The van der Waals surface area contributed by atoms with Gasteiger partial charge in [0.05, 0.1) is 0 Å². The van der Waals surface area contributed by atoms with Crippen molar-refractivity contribution in [3.8, 4) is 28.7 Å². The molecule has 0 amide bonds. The van der Waals surface area contributed by atoms with Gasteiger partial charge in [-0.3, -0.25) is 14.4 Å². The summed E-state index contributed by atoms with van der Waals surface area (Å²) in [6.07, 6.45) is 0.660. The third-order valence-corrected chi connectivity index (χ3v) is 4.61. The van der Waals surface area contributed by atoms with Gasteiger partial charge in [0, 0.05) is 22.3 Å². The van der Waals surface area contributed by atoms with Crippen molar-refractivity contribution in [3.05, 3.63) is 95.4 Å². The van der Waals surface area contributed by atoms with Gasteiger partial charge in [-0.05, 0) is 38.1 Å². The SMILES string of the molecule is CC(=O)c1ccc(-c2ccc(C#N)o2)cc1.CC(=O)c1ccc(-c2ccc(C=O)o2)cc1. The molecule has 0 saturated heterocycles. The highest BCUT2D eigenvalue weighted by Crippen LogP contribution is 2.23. The zero-order chi connectivity index (χ0) is 23.1. The summed E-state index contributed by atoms with van der Waals surface area (Å²) in [5, 5.41) is 8.63. The lowest BCUT2D eigenvalue weighted by Gasteiger charge is -1.98. The Hall–Kier alpha value is -4.50. The third-order valence-electron chi connectivity index (χ3n) is 4.61. The van der Waals surface area contributed by atoms with E-state index in [1.807, 2.05) is 6.07 Å². The van der Waals surface area contributed by atoms with Crippen LogP contribution in [0, 0.1) is 11.3 Å². The van der Waals surface area contributed by atoms with Gasteiger partial charge in [-0.2, -0.15) is 5.26 Å². The van der Waals surface area contributed by atoms with Crippen LogP contribution in [0.3, 0.4) is 0 Å². The summed E-state index contributed by atoms with van der Waals surface area (Å²) in [6.45, 7) is 3.04. The maximum Gasteiger partial charge on any atom is 0.204 e. The van der Waals surface area contributed by atoms with E-state index < -0.39 is 0 Å². The fraction of sp³-hybridized carbons (Fsp3) is 0.0769. The molecule has 6 heteroatoms. The van der Waals surface area contributed by atoms with Crippen molar-refractivity contribution in [1.82, 2.24) is 0 Å². The van der Waals surface area contributed by atoms with E-state index in [-0.39, 0.29) is 17.3 Å². The lowest BCUT2D eigenvalue weighted by molar-refractivity contribution is 0.100. The van der Waals surface area contributed by atoms with Gasteiger partial charge in [0.25, 0.3) is 0 Å². The molecule has 0 N–H and O–H groups in total. The summed E-state index contributed by atoms with van der Waals surface area (Å²) in [5.41, 5.74) is 3.02. The minimum absolute atomic E-state index is 0.0274. The number of hydrogen-bond donors (Lipinski definition) is 0. The van der Waals surface area contributed by atoms with Crippen molar-refractivity contribution in [2.24, 2.45) is 0 Å². The minimum Gasteiger partial charge on any atom is -0.453 e. The summed E-state index contributed by atoms with van der Waals surface area (Å²) in [5.74, 6) is 1.89. The van der Waals surface area contributed by atoms with Crippen molar-refractivity contribution < 1.29 is 23.2 Å². The monoisotopic (exact) mass is 425 g/mol. The fourth-order valence-corrected chi connectivity index (χ4v) is 2.86. The topological polar surface area (TPSA) is 101 Å².